The zero-order chi connectivity index (χ0) is 16.5. The van der Waals surface area contributed by atoms with Crippen molar-refractivity contribution >= 4 is 12.0 Å². The number of aryl methyl sites for hydroxylation is 2. The van der Waals surface area contributed by atoms with Crippen molar-refractivity contribution in [2.45, 2.75) is 27.7 Å². The lowest BCUT2D eigenvalue weighted by molar-refractivity contribution is 0.424. The second-order valence-electron chi connectivity index (χ2n) is 5.22. The molecule has 0 aliphatic rings. The Morgan fingerprint density at radius 3 is 2.64 bits per heavy atom. The summed E-state index contributed by atoms with van der Waals surface area (Å²) < 4.78 is 5.89. The van der Waals surface area contributed by atoms with E-state index in [-0.39, 0.29) is 0 Å². The van der Waals surface area contributed by atoms with E-state index in [2.05, 4.69) is 24.6 Å². The van der Waals surface area contributed by atoms with Gasteiger partial charge < -0.3 is 9.64 Å². The first-order chi connectivity index (χ1) is 10.5. The fraction of sp³-hybridized carbons (Fsp3) is 0.316. The summed E-state index contributed by atoms with van der Waals surface area (Å²) in [5, 5.41) is 0. The Labute approximate surface area is 134 Å². The minimum absolute atomic E-state index is 0.836. The van der Waals surface area contributed by atoms with Crippen molar-refractivity contribution in [3.8, 4) is 5.75 Å². The number of hydrogen-bond donors (Lipinski definition) is 0. The van der Waals surface area contributed by atoms with Crippen LogP contribution >= 0.6 is 0 Å². The highest BCUT2D eigenvalue weighted by atomic mass is 16.5. The summed E-state index contributed by atoms with van der Waals surface area (Å²) in [6.07, 6.45) is 9.28. The standard InChI is InChI=1S/C19H26N2O/c1-7-9-10-11-17(5)22-19-13-15(3)18(12-16(19)4)20-14-21(6)8-2/h7,9-14H,1,8H2,2-6H3/b10-9-,17-11+,20-14+. The third kappa shape index (κ3) is 5.60. The molecule has 1 rings (SSSR count). The van der Waals surface area contributed by atoms with Crippen LogP contribution in [0.2, 0.25) is 0 Å². The molecule has 0 heterocycles. The van der Waals surface area contributed by atoms with Crippen molar-refractivity contribution < 1.29 is 4.74 Å². The summed E-state index contributed by atoms with van der Waals surface area (Å²) >= 11 is 0. The summed E-state index contributed by atoms with van der Waals surface area (Å²) in [6.45, 7) is 12.7. The van der Waals surface area contributed by atoms with Crippen molar-refractivity contribution in [1.29, 1.82) is 0 Å². The molecule has 0 bridgehead atoms. The Hall–Kier alpha value is -2.29. The molecule has 0 saturated carbocycles. The maximum absolute atomic E-state index is 5.89. The molecule has 3 heteroatoms. The molecule has 0 unspecified atom stereocenters. The van der Waals surface area contributed by atoms with E-state index in [4.69, 9.17) is 4.74 Å². The average molecular weight is 298 g/mol. The molecule has 0 N–H and O–H groups in total. The first-order valence-corrected chi connectivity index (χ1v) is 7.47. The lowest BCUT2D eigenvalue weighted by Gasteiger charge is -2.12. The second kappa shape index (κ2) is 8.88. The molecular formula is C19H26N2O. The zero-order valence-electron chi connectivity index (χ0n) is 14.3. The minimum atomic E-state index is 0.836. The maximum Gasteiger partial charge on any atom is 0.130 e. The molecule has 0 aliphatic heterocycles. The van der Waals surface area contributed by atoms with E-state index >= 15 is 0 Å². The van der Waals surface area contributed by atoms with Gasteiger partial charge in [0, 0.05) is 13.6 Å². The molecule has 0 fully saturated rings. The Morgan fingerprint density at radius 1 is 1.27 bits per heavy atom. The number of benzene rings is 1. The van der Waals surface area contributed by atoms with Gasteiger partial charge in [-0.25, -0.2) is 4.99 Å². The van der Waals surface area contributed by atoms with Gasteiger partial charge in [0.05, 0.1) is 12.0 Å². The number of rotatable bonds is 7. The van der Waals surface area contributed by atoms with Gasteiger partial charge in [-0.15, -0.1) is 0 Å². The first-order valence-electron chi connectivity index (χ1n) is 7.47. The van der Waals surface area contributed by atoms with Crippen molar-refractivity contribution in [2.75, 3.05) is 13.6 Å². The summed E-state index contributed by atoms with van der Waals surface area (Å²) in [7, 11) is 2.01. The smallest absolute Gasteiger partial charge is 0.130 e. The lowest BCUT2D eigenvalue weighted by atomic mass is 10.1. The molecule has 0 saturated heterocycles. The molecular weight excluding hydrogens is 272 g/mol. The van der Waals surface area contributed by atoms with Crippen LogP contribution in [0.15, 0.2) is 53.8 Å². The highest BCUT2D eigenvalue weighted by molar-refractivity contribution is 5.64. The maximum atomic E-state index is 5.89. The molecule has 22 heavy (non-hydrogen) atoms. The van der Waals surface area contributed by atoms with Crippen LogP contribution in [0.3, 0.4) is 0 Å². The fourth-order valence-corrected chi connectivity index (χ4v) is 1.74. The fourth-order valence-electron chi connectivity index (χ4n) is 1.74. The molecule has 1 aromatic carbocycles. The molecule has 1 aromatic rings. The van der Waals surface area contributed by atoms with Crippen LogP contribution in [0.5, 0.6) is 5.75 Å². The van der Waals surface area contributed by atoms with E-state index in [1.807, 2.05) is 63.4 Å². The number of nitrogens with zero attached hydrogens (tertiary/aromatic N) is 2. The Balaban J connectivity index is 2.94. The summed E-state index contributed by atoms with van der Waals surface area (Å²) in [6, 6.07) is 4.08. The molecule has 118 valence electrons. The predicted molar refractivity (Wildman–Crippen MR) is 96.1 cm³/mol. The molecule has 0 radical (unpaired) electrons. The lowest BCUT2D eigenvalue weighted by Crippen LogP contribution is -2.14. The zero-order valence-corrected chi connectivity index (χ0v) is 14.3. The van der Waals surface area contributed by atoms with Crippen LogP contribution in [0, 0.1) is 13.8 Å². The molecule has 0 aliphatic carbocycles. The van der Waals surface area contributed by atoms with Crippen LogP contribution in [0.25, 0.3) is 0 Å². The molecule has 0 amide bonds. The largest absolute Gasteiger partial charge is 0.462 e. The Morgan fingerprint density at radius 2 is 2.00 bits per heavy atom. The van der Waals surface area contributed by atoms with Gasteiger partial charge in [0.2, 0.25) is 0 Å². The molecule has 0 aromatic heterocycles. The molecule has 0 atom stereocenters. The number of ether oxygens (including phenoxy) is 1. The van der Waals surface area contributed by atoms with Crippen LogP contribution in [0.4, 0.5) is 5.69 Å². The quantitative estimate of drug-likeness (QED) is 0.308. The van der Waals surface area contributed by atoms with Gasteiger partial charge in [0.15, 0.2) is 0 Å². The Kier molecular flexibility index (Phi) is 7.17. The van der Waals surface area contributed by atoms with Crippen LogP contribution in [-0.4, -0.2) is 24.8 Å². The van der Waals surface area contributed by atoms with E-state index in [1.165, 1.54) is 0 Å². The number of aliphatic imine (C=N–C) groups is 1. The highest BCUT2D eigenvalue weighted by Crippen LogP contribution is 2.29. The van der Waals surface area contributed by atoms with Gasteiger partial charge in [-0.1, -0.05) is 24.8 Å². The van der Waals surface area contributed by atoms with E-state index < -0.39 is 0 Å². The molecule has 0 spiro atoms. The van der Waals surface area contributed by atoms with Crippen LogP contribution in [0.1, 0.15) is 25.0 Å². The van der Waals surface area contributed by atoms with Gasteiger partial charge >= 0.3 is 0 Å². The van der Waals surface area contributed by atoms with Gasteiger partial charge in [0.1, 0.15) is 11.5 Å². The molecule has 3 nitrogen and oxygen atoms in total. The van der Waals surface area contributed by atoms with Crippen molar-refractivity contribution in [1.82, 2.24) is 4.90 Å². The predicted octanol–water partition coefficient (Wildman–Crippen LogP) is 4.94. The Bertz CT molecular complexity index is 598. The third-order valence-electron chi connectivity index (χ3n) is 3.24. The summed E-state index contributed by atoms with van der Waals surface area (Å²) in [4.78, 5) is 6.57. The van der Waals surface area contributed by atoms with Crippen molar-refractivity contribution in [3.63, 3.8) is 0 Å². The van der Waals surface area contributed by atoms with E-state index in [0.29, 0.717) is 0 Å². The second-order valence-corrected chi connectivity index (χ2v) is 5.22. The third-order valence-corrected chi connectivity index (χ3v) is 3.24. The van der Waals surface area contributed by atoms with Crippen molar-refractivity contribution in [3.05, 3.63) is 59.9 Å². The average Bonchev–Trinajstić information content (AvgIpc) is 2.49. The van der Waals surface area contributed by atoms with Gasteiger partial charge in [0.25, 0.3) is 0 Å². The van der Waals surface area contributed by atoms with Gasteiger partial charge in [-0.2, -0.15) is 0 Å². The van der Waals surface area contributed by atoms with Crippen LogP contribution < -0.4 is 4.74 Å². The monoisotopic (exact) mass is 298 g/mol. The summed E-state index contributed by atoms with van der Waals surface area (Å²) in [5.41, 5.74) is 3.13. The van der Waals surface area contributed by atoms with Gasteiger partial charge in [-0.05, 0) is 57.0 Å². The van der Waals surface area contributed by atoms with Gasteiger partial charge in [-0.3, -0.25) is 0 Å². The number of hydrogen-bond acceptors (Lipinski definition) is 2. The van der Waals surface area contributed by atoms with Crippen LogP contribution in [-0.2, 0) is 0 Å². The van der Waals surface area contributed by atoms with E-state index in [0.717, 1.165) is 34.9 Å². The SMILES string of the molecule is C=C/C=C\C=C(/C)Oc1cc(C)c(/N=C/N(C)CC)cc1C. The number of allylic oxidation sites excluding steroid dienone is 5. The topological polar surface area (TPSA) is 24.8 Å². The van der Waals surface area contributed by atoms with E-state index in [9.17, 15) is 0 Å². The van der Waals surface area contributed by atoms with E-state index in [1.54, 1.807) is 6.08 Å². The first kappa shape index (κ1) is 17.8. The minimum Gasteiger partial charge on any atom is -0.462 e. The normalized spacial score (nSPS) is 12.1. The summed E-state index contributed by atoms with van der Waals surface area (Å²) in [5.74, 6) is 1.70. The highest BCUT2D eigenvalue weighted by Gasteiger charge is 2.05. The van der Waals surface area contributed by atoms with Crippen molar-refractivity contribution in [2.24, 2.45) is 4.99 Å².